The fraction of sp³-hybridized carbons (Fsp3) is 0.250. The molecule has 7 heteroatoms. The van der Waals surface area contributed by atoms with Crippen LogP contribution >= 0.6 is 23.1 Å². The molecule has 5 rings (SSSR count). The maximum Gasteiger partial charge on any atom is 0.236 e. The molecule has 0 unspecified atom stereocenters. The first kappa shape index (κ1) is 23.6. The molecule has 0 bridgehead atoms. The van der Waals surface area contributed by atoms with Crippen LogP contribution in [0.1, 0.15) is 32.1 Å². The van der Waals surface area contributed by atoms with E-state index in [2.05, 4.69) is 45.9 Å². The highest BCUT2D eigenvalue weighted by molar-refractivity contribution is 8.00. The Balaban J connectivity index is 1.15. The molecule has 5 nitrogen and oxygen atoms in total. The summed E-state index contributed by atoms with van der Waals surface area (Å²) in [5.41, 5.74) is 2.66. The number of nitrogens with zero attached hydrogens (tertiary/aromatic N) is 1. The Bertz CT molecular complexity index is 1340. The topological polar surface area (TPSA) is 71.1 Å². The zero-order valence-electron chi connectivity index (χ0n) is 19.3. The van der Waals surface area contributed by atoms with Crippen LogP contribution in [0.2, 0.25) is 0 Å². The Labute approximate surface area is 213 Å². The third-order valence-corrected chi connectivity index (χ3v) is 7.99. The third kappa shape index (κ3) is 6.10. The molecule has 0 atom stereocenters. The van der Waals surface area contributed by atoms with Crippen LogP contribution in [0.4, 0.5) is 10.8 Å². The Kier molecular flexibility index (Phi) is 7.45. The third-order valence-electron chi connectivity index (χ3n) is 6.24. The number of anilines is 2. The maximum atomic E-state index is 12.5. The van der Waals surface area contributed by atoms with Gasteiger partial charge in [0, 0.05) is 27.4 Å². The SMILES string of the molecule is O=C(CSc1cccc(NC(=O)C2CCCCC2)c1)Nc1nc(-c2ccc3ccccc3c2)cs1. The van der Waals surface area contributed by atoms with Gasteiger partial charge >= 0.3 is 0 Å². The van der Waals surface area contributed by atoms with Gasteiger partial charge in [0.25, 0.3) is 0 Å². The number of benzene rings is 3. The lowest BCUT2D eigenvalue weighted by Crippen LogP contribution is -2.24. The first-order chi connectivity index (χ1) is 17.1. The van der Waals surface area contributed by atoms with Gasteiger partial charge in [-0.1, -0.05) is 61.7 Å². The van der Waals surface area contributed by atoms with E-state index in [9.17, 15) is 9.59 Å². The van der Waals surface area contributed by atoms with Crippen molar-refractivity contribution in [2.45, 2.75) is 37.0 Å². The standard InChI is InChI=1S/C28H27N3O2S2/c32-26(18-34-24-12-6-11-23(16-24)29-27(33)20-8-2-1-3-9-20)31-28-30-25(17-35-28)22-14-13-19-7-4-5-10-21(19)15-22/h4-7,10-17,20H,1-3,8-9,18H2,(H,29,33)(H,30,31,32). The second-order valence-corrected chi connectivity index (χ2v) is 10.7. The summed E-state index contributed by atoms with van der Waals surface area (Å²) in [5, 5.41) is 10.9. The molecule has 1 aromatic heterocycles. The largest absolute Gasteiger partial charge is 0.326 e. The smallest absolute Gasteiger partial charge is 0.236 e. The van der Waals surface area contributed by atoms with Crippen LogP contribution in [0.25, 0.3) is 22.0 Å². The van der Waals surface area contributed by atoms with E-state index < -0.39 is 0 Å². The quantitative estimate of drug-likeness (QED) is 0.262. The number of thiazole rings is 1. The molecule has 0 saturated heterocycles. The van der Waals surface area contributed by atoms with Crippen molar-refractivity contribution in [2.75, 3.05) is 16.4 Å². The minimum Gasteiger partial charge on any atom is -0.326 e. The van der Waals surface area contributed by atoms with Gasteiger partial charge in [-0.25, -0.2) is 4.98 Å². The number of carbonyl (C=O) groups excluding carboxylic acids is 2. The van der Waals surface area contributed by atoms with E-state index >= 15 is 0 Å². The Hall–Kier alpha value is -3.16. The van der Waals surface area contributed by atoms with Gasteiger partial charge in [0.1, 0.15) is 0 Å². The predicted molar refractivity (Wildman–Crippen MR) is 146 cm³/mol. The van der Waals surface area contributed by atoms with Crippen LogP contribution in [0, 0.1) is 5.92 Å². The molecule has 3 aromatic carbocycles. The van der Waals surface area contributed by atoms with Crippen molar-refractivity contribution in [3.63, 3.8) is 0 Å². The second kappa shape index (κ2) is 11.1. The summed E-state index contributed by atoms with van der Waals surface area (Å²) in [5.74, 6) is 0.385. The second-order valence-electron chi connectivity index (χ2n) is 8.79. The molecular weight excluding hydrogens is 474 g/mol. The van der Waals surface area contributed by atoms with Crippen LogP contribution in [0.5, 0.6) is 0 Å². The Morgan fingerprint density at radius 2 is 1.74 bits per heavy atom. The van der Waals surface area contributed by atoms with Crippen LogP contribution in [0.3, 0.4) is 0 Å². The Morgan fingerprint density at radius 1 is 0.914 bits per heavy atom. The fourth-order valence-electron chi connectivity index (χ4n) is 4.39. The number of nitrogens with one attached hydrogen (secondary N) is 2. The molecule has 1 fully saturated rings. The first-order valence-corrected chi connectivity index (χ1v) is 13.8. The molecule has 1 aliphatic rings. The molecule has 0 aliphatic heterocycles. The van der Waals surface area contributed by atoms with Crippen LogP contribution < -0.4 is 10.6 Å². The van der Waals surface area contributed by atoms with Gasteiger partial charge in [-0.2, -0.15) is 0 Å². The number of amides is 2. The van der Waals surface area contributed by atoms with Gasteiger partial charge in [0.05, 0.1) is 11.4 Å². The van der Waals surface area contributed by atoms with Crippen molar-refractivity contribution in [2.24, 2.45) is 5.92 Å². The minimum absolute atomic E-state index is 0.106. The number of hydrogen-bond acceptors (Lipinski definition) is 5. The summed E-state index contributed by atoms with van der Waals surface area (Å²) in [4.78, 5) is 30.6. The van der Waals surface area contributed by atoms with Gasteiger partial charge in [-0.3, -0.25) is 9.59 Å². The lowest BCUT2D eigenvalue weighted by Gasteiger charge is -2.20. The molecule has 2 N–H and O–H groups in total. The molecule has 178 valence electrons. The summed E-state index contributed by atoms with van der Waals surface area (Å²) in [6.45, 7) is 0. The van der Waals surface area contributed by atoms with E-state index in [1.165, 1.54) is 34.9 Å². The summed E-state index contributed by atoms with van der Waals surface area (Å²) in [7, 11) is 0. The van der Waals surface area contributed by atoms with E-state index in [4.69, 9.17) is 0 Å². The Morgan fingerprint density at radius 3 is 2.60 bits per heavy atom. The van der Waals surface area contributed by atoms with Crippen LogP contribution in [0.15, 0.2) is 77.0 Å². The van der Waals surface area contributed by atoms with E-state index in [-0.39, 0.29) is 23.5 Å². The molecule has 1 heterocycles. The fourth-order valence-corrected chi connectivity index (χ4v) is 5.88. The summed E-state index contributed by atoms with van der Waals surface area (Å²) in [6, 6.07) is 22.2. The van der Waals surface area contributed by atoms with Crippen molar-refractivity contribution in [3.05, 3.63) is 72.1 Å². The molecule has 0 spiro atoms. The van der Waals surface area contributed by atoms with Crippen LogP contribution in [-0.2, 0) is 9.59 Å². The highest BCUT2D eigenvalue weighted by atomic mass is 32.2. The molecule has 2 amide bonds. The van der Waals surface area contributed by atoms with Crippen LogP contribution in [-0.4, -0.2) is 22.6 Å². The molecular formula is C28H27N3O2S2. The lowest BCUT2D eigenvalue weighted by atomic mass is 9.88. The average Bonchev–Trinajstić information content (AvgIpc) is 3.36. The van der Waals surface area contributed by atoms with Crippen molar-refractivity contribution >= 4 is 56.5 Å². The maximum absolute atomic E-state index is 12.5. The highest BCUT2D eigenvalue weighted by Crippen LogP contribution is 2.29. The number of aromatic nitrogens is 1. The number of hydrogen-bond donors (Lipinski definition) is 2. The molecule has 1 saturated carbocycles. The normalized spacial score (nSPS) is 14.1. The summed E-state index contributed by atoms with van der Waals surface area (Å²) < 4.78 is 0. The van der Waals surface area contributed by atoms with Crippen molar-refractivity contribution < 1.29 is 9.59 Å². The number of rotatable bonds is 7. The highest BCUT2D eigenvalue weighted by Gasteiger charge is 2.21. The van der Waals surface area contributed by atoms with E-state index in [0.717, 1.165) is 52.9 Å². The van der Waals surface area contributed by atoms with Crippen molar-refractivity contribution in [1.82, 2.24) is 4.98 Å². The zero-order valence-corrected chi connectivity index (χ0v) is 21.0. The van der Waals surface area contributed by atoms with E-state index in [1.54, 1.807) is 0 Å². The summed E-state index contributed by atoms with van der Waals surface area (Å²) in [6.07, 6.45) is 5.43. The monoisotopic (exact) mass is 501 g/mol. The molecule has 35 heavy (non-hydrogen) atoms. The number of fused-ring (bicyclic) bond motifs is 1. The zero-order chi connectivity index (χ0) is 24.0. The van der Waals surface area contributed by atoms with Crippen molar-refractivity contribution in [3.8, 4) is 11.3 Å². The van der Waals surface area contributed by atoms with Gasteiger partial charge in [-0.15, -0.1) is 23.1 Å². The number of thioether (sulfide) groups is 1. The molecule has 0 radical (unpaired) electrons. The van der Waals surface area contributed by atoms with Gasteiger partial charge < -0.3 is 10.6 Å². The van der Waals surface area contributed by atoms with Gasteiger partial charge in [-0.05, 0) is 47.9 Å². The average molecular weight is 502 g/mol. The molecule has 4 aromatic rings. The van der Waals surface area contributed by atoms with Crippen molar-refractivity contribution in [1.29, 1.82) is 0 Å². The van der Waals surface area contributed by atoms with Gasteiger partial charge in [0.15, 0.2) is 5.13 Å². The first-order valence-electron chi connectivity index (χ1n) is 11.9. The predicted octanol–water partition coefficient (Wildman–Crippen LogP) is 7.21. The number of carbonyl (C=O) groups is 2. The lowest BCUT2D eigenvalue weighted by molar-refractivity contribution is -0.120. The van der Waals surface area contributed by atoms with E-state index in [1.807, 2.05) is 41.8 Å². The van der Waals surface area contributed by atoms with Gasteiger partial charge in [0.2, 0.25) is 11.8 Å². The minimum atomic E-state index is -0.106. The summed E-state index contributed by atoms with van der Waals surface area (Å²) >= 11 is 2.87. The van der Waals surface area contributed by atoms with E-state index in [0.29, 0.717) is 5.13 Å². The molecule has 1 aliphatic carbocycles.